The predicted octanol–water partition coefficient (Wildman–Crippen LogP) is 3.03. The molecule has 0 amide bonds. The summed E-state index contributed by atoms with van der Waals surface area (Å²) >= 11 is 0. The van der Waals surface area contributed by atoms with Crippen molar-refractivity contribution in [3.05, 3.63) is 65.2 Å². The average Bonchev–Trinajstić information content (AvgIpc) is 2.39. The average molecular weight is 241 g/mol. The lowest BCUT2D eigenvalue weighted by molar-refractivity contribution is 0.475. The van der Waals surface area contributed by atoms with Crippen LogP contribution in [0, 0.1) is 6.92 Å². The van der Waals surface area contributed by atoms with E-state index in [4.69, 9.17) is 0 Å². The fraction of sp³-hybridized carbons (Fsp3) is 0.250. The van der Waals surface area contributed by atoms with Crippen molar-refractivity contribution < 1.29 is 5.11 Å². The zero-order chi connectivity index (χ0) is 12.8. The minimum absolute atomic E-state index is 0.318. The highest BCUT2D eigenvalue weighted by molar-refractivity contribution is 5.26. The van der Waals surface area contributed by atoms with Crippen LogP contribution in [0.25, 0.3) is 0 Å². The predicted molar refractivity (Wildman–Crippen MR) is 74.7 cm³/mol. The second-order valence-corrected chi connectivity index (χ2v) is 4.52. The molecule has 2 N–H and O–H groups in total. The minimum atomic E-state index is 0.318. The van der Waals surface area contributed by atoms with Gasteiger partial charge in [0.15, 0.2) is 0 Å². The van der Waals surface area contributed by atoms with Crippen molar-refractivity contribution in [3.8, 4) is 5.75 Å². The lowest BCUT2D eigenvalue weighted by atomic mass is 10.1. The third kappa shape index (κ3) is 3.60. The number of hydrogen-bond acceptors (Lipinski definition) is 2. The summed E-state index contributed by atoms with van der Waals surface area (Å²) in [6, 6.07) is 15.8. The van der Waals surface area contributed by atoms with E-state index < -0.39 is 0 Å². The molecule has 0 heterocycles. The Kier molecular flexibility index (Phi) is 4.37. The molecule has 2 rings (SSSR count). The van der Waals surface area contributed by atoms with Gasteiger partial charge >= 0.3 is 0 Å². The van der Waals surface area contributed by atoms with E-state index >= 15 is 0 Å². The molecule has 2 aromatic carbocycles. The summed E-state index contributed by atoms with van der Waals surface area (Å²) in [6.07, 6.45) is 1.05. The van der Waals surface area contributed by atoms with E-state index in [2.05, 4.69) is 36.5 Å². The third-order valence-electron chi connectivity index (χ3n) is 3.10. The van der Waals surface area contributed by atoms with E-state index in [9.17, 15) is 5.11 Å². The molecule has 0 aromatic heterocycles. The number of aromatic hydroxyl groups is 1. The first-order chi connectivity index (χ1) is 8.75. The van der Waals surface area contributed by atoms with Crippen molar-refractivity contribution in [2.75, 3.05) is 6.54 Å². The number of aryl methyl sites for hydroxylation is 1. The molecular formula is C16H19NO. The van der Waals surface area contributed by atoms with Crippen molar-refractivity contribution >= 4 is 0 Å². The van der Waals surface area contributed by atoms with Gasteiger partial charge in [0.25, 0.3) is 0 Å². The van der Waals surface area contributed by atoms with E-state index in [-0.39, 0.29) is 0 Å². The van der Waals surface area contributed by atoms with Gasteiger partial charge in [0.2, 0.25) is 0 Å². The summed E-state index contributed by atoms with van der Waals surface area (Å²) < 4.78 is 0. The van der Waals surface area contributed by atoms with Crippen molar-refractivity contribution in [2.24, 2.45) is 0 Å². The first-order valence-electron chi connectivity index (χ1n) is 6.29. The molecule has 18 heavy (non-hydrogen) atoms. The van der Waals surface area contributed by atoms with Crippen LogP contribution in [0.2, 0.25) is 0 Å². The monoisotopic (exact) mass is 241 g/mol. The maximum Gasteiger partial charge on any atom is 0.115 e. The number of phenolic OH excluding ortho intramolecular Hbond substituents is 1. The van der Waals surface area contributed by atoms with Crippen LogP contribution in [0.1, 0.15) is 16.7 Å². The molecule has 0 fully saturated rings. The molecule has 0 bridgehead atoms. The number of nitrogens with one attached hydrogen (secondary N) is 1. The first kappa shape index (κ1) is 12.7. The van der Waals surface area contributed by atoms with Gasteiger partial charge in [-0.1, -0.05) is 36.4 Å². The number of benzene rings is 2. The standard InChI is InChI=1S/C16H19NO/c1-13-4-2-3-5-15(13)10-11-17-12-14-6-8-16(18)9-7-14/h2-9,17-18H,10-12H2,1H3. The van der Waals surface area contributed by atoms with Gasteiger partial charge in [-0.05, 0) is 48.7 Å². The Hall–Kier alpha value is -1.80. The Bertz CT molecular complexity index is 491. The van der Waals surface area contributed by atoms with Crippen LogP contribution in [-0.2, 0) is 13.0 Å². The summed E-state index contributed by atoms with van der Waals surface area (Å²) in [4.78, 5) is 0. The molecule has 0 aliphatic rings. The molecule has 0 unspecified atom stereocenters. The van der Waals surface area contributed by atoms with Crippen molar-refractivity contribution in [1.29, 1.82) is 0 Å². The Morgan fingerprint density at radius 2 is 1.72 bits per heavy atom. The van der Waals surface area contributed by atoms with E-state index in [0.717, 1.165) is 19.5 Å². The highest BCUT2D eigenvalue weighted by atomic mass is 16.3. The second-order valence-electron chi connectivity index (χ2n) is 4.52. The normalized spacial score (nSPS) is 10.5. The summed E-state index contributed by atoms with van der Waals surface area (Å²) in [5.41, 5.74) is 3.94. The second kappa shape index (κ2) is 6.22. The smallest absolute Gasteiger partial charge is 0.115 e. The highest BCUT2D eigenvalue weighted by Crippen LogP contribution is 2.10. The lowest BCUT2D eigenvalue weighted by Gasteiger charge is -2.07. The van der Waals surface area contributed by atoms with Gasteiger partial charge in [0.1, 0.15) is 5.75 Å². The molecule has 0 saturated heterocycles. The van der Waals surface area contributed by atoms with E-state index in [1.54, 1.807) is 12.1 Å². The van der Waals surface area contributed by atoms with Crippen molar-refractivity contribution in [1.82, 2.24) is 5.32 Å². The zero-order valence-electron chi connectivity index (χ0n) is 10.7. The Morgan fingerprint density at radius 3 is 2.44 bits per heavy atom. The summed E-state index contributed by atoms with van der Waals surface area (Å²) in [6.45, 7) is 3.95. The Labute approximate surface area is 108 Å². The van der Waals surface area contributed by atoms with Crippen molar-refractivity contribution in [2.45, 2.75) is 19.9 Å². The molecule has 2 heteroatoms. The molecule has 0 radical (unpaired) electrons. The summed E-state index contributed by atoms with van der Waals surface area (Å²) in [5.74, 6) is 0.318. The maximum absolute atomic E-state index is 9.19. The number of rotatable bonds is 5. The third-order valence-corrected chi connectivity index (χ3v) is 3.10. The van der Waals surface area contributed by atoms with E-state index in [1.807, 2.05) is 12.1 Å². The fourth-order valence-corrected chi connectivity index (χ4v) is 1.96. The largest absolute Gasteiger partial charge is 0.508 e. The van der Waals surface area contributed by atoms with Crippen LogP contribution in [-0.4, -0.2) is 11.7 Å². The number of phenols is 1. The van der Waals surface area contributed by atoms with Gasteiger partial charge in [0.05, 0.1) is 0 Å². The molecule has 0 spiro atoms. The van der Waals surface area contributed by atoms with Gasteiger partial charge in [-0.15, -0.1) is 0 Å². The van der Waals surface area contributed by atoms with Gasteiger partial charge in [0, 0.05) is 6.54 Å². The SMILES string of the molecule is Cc1ccccc1CCNCc1ccc(O)cc1. The molecular weight excluding hydrogens is 222 g/mol. The quantitative estimate of drug-likeness (QED) is 0.789. The van der Waals surface area contributed by atoms with Gasteiger partial charge < -0.3 is 10.4 Å². The Balaban J connectivity index is 1.76. The first-order valence-corrected chi connectivity index (χ1v) is 6.29. The molecule has 0 atom stereocenters. The van der Waals surface area contributed by atoms with Crippen LogP contribution in [0.3, 0.4) is 0 Å². The Morgan fingerprint density at radius 1 is 1.00 bits per heavy atom. The van der Waals surface area contributed by atoms with Crippen LogP contribution in [0.15, 0.2) is 48.5 Å². The summed E-state index contributed by atoms with van der Waals surface area (Å²) in [7, 11) is 0. The van der Waals surface area contributed by atoms with Crippen LogP contribution >= 0.6 is 0 Å². The van der Waals surface area contributed by atoms with Gasteiger partial charge in [-0.3, -0.25) is 0 Å². The molecule has 2 nitrogen and oxygen atoms in total. The topological polar surface area (TPSA) is 32.3 Å². The fourth-order valence-electron chi connectivity index (χ4n) is 1.96. The van der Waals surface area contributed by atoms with Gasteiger partial charge in [-0.2, -0.15) is 0 Å². The molecule has 0 aliphatic heterocycles. The van der Waals surface area contributed by atoms with Gasteiger partial charge in [-0.25, -0.2) is 0 Å². The van der Waals surface area contributed by atoms with Crippen LogP contribution < -0.4 is 5.32 Å². The van der Waals surface area contributed by atoms with E-state index in [0.29, 0.717) is 5.75 Å². The van der Waals surface area contributed by atoms with Crippen molar-refractivity contribution in [3.63, 3.8) is 0 Å². The lowest BCUT2D eigenvalue weighted by Crippen LogP contribution is -2.16. The van der Waals surface area contributed by atoms with Crippen LogP contribution in [0.5, 0.6) is 5.75 Å². The summed E-state index contributed by atoms with van der Waals surface area (Å²) in [5, 5.41) is 12.6. The molecule has 0 aliphatic carbocycles. The molecule has 94 valence electrons. The number of hydrogen-bond donors (Lipinski definition) is 2. The molecule has 2 aromatic rings. The zero-order valence-corrected chi connectivity index (χ0v) is 10.7. The molecule has 0 saturated carbocycles. The van der Waals surface area contributed by atoms with E-state index in [1.165, 1.54) is 16.7 Å². The minimum Gasteiger partial charge on any atom is -0.508 e. The highest BCUT2D eigenvalue weighted by Gasteiger charge is 1.97. The van der Waals surface area contributed by atoms with Crippen LogP contribution in [0.4, 0.5) is 0 Å². The maximum atomic E-state index is 9.19.